The molecule has 0 saturated heterocycles. The maximum Gasteiger partial charge on any atom is 0.154 e. The lowest BCUT2D eigenvalue weighted by Crippen LogP contribution is -2.08. The number of nitrogens with zero attached hydrogens (tertiary/aromatic N) is 1. The molecule has 1 aromatic carbocycles. The summed E-state index contributed by atoms with van der Waals surface area (Å²) in [6, 6.07) is 7.99. The molecular weight excluding hydrogens is 324 g/mol. The van der Waals surface area contributed by atoms with Gasteiger partial charge in [-0.15, -0.1) is 11.3 Å². The Morgan fingerprint density at radius 2 is 2.26 bits per heavy atom. The van der Waals surface area contributed by atoms with Gasteiger partial charge in [-0.05, 0) is 24.3 Å². The maximum atomic E-state index is 5.83. The van der Waals surface area contributed by atoms with Gasteiger partial charge in [0.2, 0.25) is 0 Å². The van der Waals surface area contributed by atoms with Crippen molar-refractivity contribution in [2.75, 3.05) is 6.54 Å². The van der Waals surface area contributed by atoms with E-state index in [4.69, 9.17) is 10.2 Å². The summed E-state index contributed by atoms with van der Waals surface area (Å²) in [5, 5.41) is 4.15. The van der Waals surface area contributed by atoms with Crippen molar-refractivity contribution in [2.45, 2.75) is 12.8 Å². The number of furan rings is 1. The van der Waals surface area contributed by atoms with Crippen LogP contribution in [0.4, 0.5) is 0 Å². The molecule has 2 heterocycles. The first-order valence-corrected chi connectivity index (χ1v) is 7.69. The third-order valence-corrected chi connectivity index (χ3v) is 4.60. The Hall–Kier alpha value is -1.17. The molecule has 0 aliphatic heterocycles. The molecule has 0 radical (unpaired) electrons. The maximum absolute atomic E-state index is 5.83. The van der Waals surface area contributed by atoms with E-state index >= 15 is 0 Å². The first-order chi connectivity index (χ1) is 9.17. The Morgan fingerprint density at radius 1 is 1.42 bits per heavy atom. The summed E-state index contributed by atoms with van der Waals surface area (Å²) in [5.74, 6) is 1.09. The smallest absolute Gasteiger partial charge is 0.154 e. The molecule has 1 unspecified atom stereocenters. The second-order valence-corrected chi connectivity index (χ2v) is 6.31. The molecule has 2 N–H and O–H groups in total. The summed E-state index contributed by atoms with van der Waals surface area (Å²) in [4.78, 5) is 4.60. The monoisotopic (exact) mass is 336 g/mol. The number of rotatable bonds is 3. The summed E-state index contributed by atoms with van der Waals surface area (Å²) in [7, 11) is 0. The molecule has 98 valence electrons. The number of fused-ring (bicyclic) bond motifs is 1. The summed E-state index contributed by atoms with van der Waals surface area (Å²) in [6.45, 7) is 2.69. The van der Waals surface area contributed by atoms with E-state index in [1.165, 1.54) is 0 Å². The fourth-order valence-electron chi connectivity index (χ4n) is 1.87. The van der Waals surface area contributed by atoms with Crippen molar-refractivity contribution in [3.8, 4) is 11.5 Å². The summed E-state index contributed by atoms with van der Waals surface area (Å²) in [5.41, 5.74) is 7.42. The highest BCUT2D eigenvalue weighted by atomic mass is 79.9. The van der Waals surface area contributed by atoms with Crippen LogP contribution in [0.15, 0.2) is 38.5 Å². The second kappa shape index (κ2) is 5.07. The Balaban J connectivity index is 2.01. The number of nitrogens with two attached hydrogens (primary N) is 1. The van der Waals surface area contributed by atoms with Gasteiger partial charge in [0.1, 0.15) is 11.3 Å². The average molecular weight is 337 g/mol. The number of benzene rings is 1. The third kappa shape index (κ3) is 2.45. The van der Waals surface area contributed by atoms with Gasteiger partial charge in [0.25, 0.3) is 0 Å². The van der Waals surface area contributed by atoms with Crippen LogP contribution >= 0.6 is 27.3 Å². The predicted molar refractivity (Wildman–Crippen MR) is 82.5 cm³/mol. The lowest BCUT2D eigenvalue weighted by molar-refractivity contribution is 0.628. The topological polar surface area (TPSA) is 52.0 Å². The van der Waals surface area contributed by atoms with Gasteiger partial charge in [-0.2, -0.15) is 0 Å². The van der Waals surface area contributed by atoms with Crippen LogP contribution in [0, 0.1) is 0 Å². The van der Waals surface area contributed by atoms with E-state index in [0.717, 1.165) is 31.9 Å². The van der Waals surface area contributed by atoms with Crippen molar-refractivity contribution in [2.24, 2.45) is 5.73 Å². The zero-order chi connectivity index (χ0) is 13.4. The first kappa shape index (κ1) is 12.8. The quantitative estimate of drug-likeness (QED) is 0.772. The Kier molecular flexibility index (Phi) is 3.43. The van der Waals surface area contributed by atoms with Crippen LogP contribution in [-0.4, -0.2) is 11.5 Å². The number of thiazole rings is 1. The molecule has 3 rings (SSSR count). The highest BCUT2D eigenvalue weighted by Crippen LogP contribution is 2.31. The molecule has 0 aliphatic rings. The zero-order valence-electron chi connectivity index (χ0n) is 10.4. The molecule has 0 aliphatic carbocycles. The van der Waals surface area contributed by atoms with Crippen LogP contribution in [-0.2, 0) is 0 Å². The van der Waals surface area contributed by atoms with Crippen molar-refractivity contribution in [3.05, 3.63) is 39.1 Å². The molecule has 0 saturated carbocycles. The summed E-state index contributed by atoms with van der Waals surface area (Å²) in [6.07, 6.45) is 0. The predicted octanol–water partition coefficient (Wildman–Crippen LogP) is 4.38. The van der Waals surface area contributed by atoms with Crippen LogP contribution in [0.2, 0.25) is 0 Å². The number of hydrogen-bond donors (Lipinski definition) is 1. The molecule has 19 heavy (non-hydrogen) atoms. The fourth-order valence-corrected chi connectivity index (χ4v) is 3.13. The number of aromatic nitrogens is 1. The van der Waals surface area contributed by atoms with Crippen LogP contribution in [0.3, 0.4) is 0 Å². The number of halogens is 1. The van der Waals surface area contributed by atoms with Gasteiger partial charge in [-0.3, -0.25) is 0 Å². The molecular formula is C14H13BrN2OS. The van der Waals surface area contributed by atoms with E-state index in [1.807, 2.05) is 29.6 Å². The molecule has 1 atom stereocenters. The van der Waals surface area contributed by atoms with E-state index in [1.54, 1.807) is 11.3 Å². The van der Waals surface area contributed by atoms with Gasteiger partial charge in [-0.1, -0.05) is 22.9 Å². The Morgan fingerprint density at radius 3 is 3.05 bits per heavy atom. The third-order valence-electron chi connectivity index (χ3n) is 3.03. The van der Waals surface area contributed by atoms with Crippen molar-refractivity contribution in [1.29, 1.82) is 0 Å². The molecule has 0 bridgehead atoms. The molecule has 2 aromatic heterocycles. The van der Waals surface area contributed by atoms with Crippen LogP contribution in [0.25, 0.3) is 22.4 Å². The van der Waals surface area contributed by atoms with Gasteiger partial charge in [0, 0.05) is 27.7 Å². The minimum Gasteiger partial charge on any atom is -0.454 e. The molecule has 0 fully saturated rings. The molecule has 0 spiro atoms. The summed E-state index contributed by atoms with van der Waals surface area (Å²) < 4.78 is 6.87. The van der Waals surface area contributed by atoms with Gasteiger partial charge < -0.3 is 10.2 Å². The molecule has 5 heteroatoms. The van der Waals surface area contributed by atoms with Crippen molar-refractivity contribution >= 4 is 38.2 Å². The molecule has 3 aromatic rings. The van der Waals surface area contributed by atoms with Gasteiger partial charge in [0.05, 0.1) is 5.01 Å². The SMILES string of the molecule is CC(CN)c1nc(-c2cc3cc(Br)ccc3o2)cs1. The van der Waals surface area contributed by atoms with Crippen molar-refractivity contribution < 1.29 is 4.42 Å². The summed E-state index contributed by atoms with van der Waals surface area (Å²) >= 11 is 5.09. The minimum absolute atomic E-state index is 0.289. The largest absolute Gasteiger partial charge is 0.454 e. The Labute approximate surface area is 123 Å². The number of hydrogen-bond acceptors (Lipinski definition) is 4. The second-order valence-electron chi connectivity index (χ2n) is 4.50. The zero-order valence-corrected chi connectivity index (χ0v) is 12.8. The van der Waals surface area contributed by atoms with E-state index in [0.29, 0.717) is 6.54 Å². The van der Waals surface area contributed by atoms with Crippen molar-refractivity contribution in [3.63, 3.8) is 0 Å². The van der Waals surface area contributed by atoms with Gasteiger partial charge >= 0.3 is 0 Å². The van der Waals surface area contributed by atoms with Crippen LogP contribution < -0.4 is 5.73 Å². The molecule has 0 amide bonds. The lowest BCUT2D eigenvalue weighted by atomic mass is 10.2. The Bertz CT molecular complexity index is 719. The van der Waals surface area contributed by atoms with Gasteiger partial charge in [0.15, 0.2) is 5.76 Å². The van der Waals surface area contributed by atoms with E-state index in [2.05, 4.69) is 27.8 Å². The fraction of sp³-hybridized carbons (Fsp3) is 0.214. The highest BCUT2D eigenvalue weighted by molar-refractivity contribution is 9.10. The lowest BCUT2D eigenvalue weighted by Gasteiger charge is -2.01. The first-order valence-electron chi connectivity index (χ1n) is 6.02. The normalized spacial score (nSPS) is 13.0. The van der Waals surface area contributed by atoms with Crippen LogP contribution in [0.5, 0.6) is 0 Å². The van der Waals surface area contributed by atoms with E-state index in [-0.39, 0.29) is 5.92 Å². The van der Waals surface area contributed by atoms with E-state index < -0.39 is 0 Å². The van der Waals surface area contributed by atoms with Crippen LogP contribution in [0.1, 0.15) is 17.8 Å². The average Bonchev–Trinajstić information content (AvgIpc) is 3.03. The minimum atomic E-state index is 0.289. The van der Waals surface area contributed by atoms with Gasteiger partial charge in [-0.25, -0.2) is 4.98 Å². The highest BCUT2D eigenvalue weighted by Gasteiger charge is 2.13. The van der Waals surface area contributed by atoms with E-state index in [9.17, 15) is 0 Å². The standard InChI is InChI=1S/C14H13BrN2OS/c1-8(6-16)14-17-11(7-19-14)13-5-9-4-10(15)2-3-12(9)18-13/h2-5,7-8H,6,16H2,1H3. The van der Waals surface area contributed by atoms with Crippen molar-refractivity contribution in [1.82, 2.24) is 4.98 Å². The molecule has 3 nitrogen and oxygen atoms in total.